The van der Waals surface area contributed by atoms with Gasteiger partial charge in [0.2, 0.25) is 0 Å². The van der Waals surface area contributed by atoms with Crippen molar-refractivity contribution in [2.24, 2.45) is 0 Å². The highest BCUT2D eigenvalue weighted by molar-refractivity contribution is 5.88. The second-order valence-electron chi connectivity index (χ2n) is 9.26. The standard InChI is InChI=1S/C33H22N4O2/c38-32-27-22-23(31-34-28-18-10-11-19-30(28)35(31)24-12-4-1-5-13-24)20-21-29(27)36(25-14-6-2-7-15-25)33(39)37(32)26-16-8-3-9-17-26/h1-22H. The van der Waals surface area contributed by atoms with Gasteiger partial charge in [0.25, 0.3) is 5.56 Å². The molecular weight excluding hydrogens is 484 g/mol. The zero-order valence-electron chi connectivity index (χ0n) is 20.8. The smallest absolute Gasteiger partial charge is 0.292 e. The van der Waals surface area contributed by atoms with Crippen molar-refractivity contribution in [1.29, 1.82) is 0 Å². The monoisotopic (exact) mass is 506 g/mol. The van der Waals surface area contributed by atoms with Crippen molar-refractivity contribution in [2.75, 3.05) is 0 Å². The van der Waals surface area contributed by atoms with E-state index in [0.717, 1.165) is 22.3 Å². The van der Waals surface area contributed by atoms with Crippen LogP contribution < -0.4 is 11.2 Å². The molecule has 0 spiro atoms. The first-order valence-corrected chi connectivity index (χ1v) is 12.7. The summed E-state index contributed by atoms with van der Waals surface area (Å²) < 4.78 is 4.92. The Kier molecular flexibility index (Phi) is 5.30. The van der Waals surface area contributed by atoms with Gasteiger partial charge in [0.1, 0.15) is 5.82 Å². The number of aromatic nitrogens is 4. The van der Waals surface area contributed by atoms with E-state index in [0.29, 0.717) is 28.1 Å². The number of hydrogen-bond acceptors (Lipinski definition) is 3. The van der Waals surface area contributed by atoms with Crippen molar-refractivity contribution in [1.82, 2.24) is 18.7 Å². The van der Waals surface area contributed by atoms with Gasteiger partial charge >= 0.3 is 5.69 Å². The summed E-state index contributed by atoms with van der Waals surface area (Å²) in [5.41, 5.74) is 4.50. The highest BCUT2D eigenvalue weighted by atomic mass is 16.2. The first-order chi connectivity index (χ1) is 19.2. The molecule has 0 aliphatic rings. The molecule has 0 aliphatic heterocycles. The van der Waals surface area contributed by atoms with E-state index in [1.165, 1.54) is 4.57 Å². The van der Waals surface area contributed by atoms with E-state index < -0.39 is 5.69 Å². The SMILES string of the molecule is O=c1c2cc(-c3nc4ccccc4n3-c3ccccc3)ccc2n(-c2ccccc2)c(=O)n1-c1ccccc1. The van der Waals surface area contributed by atoms with Crippen LogP contribution in [0.1, 0.15) is 0 Å². The molecule has 7 aromatic rings. The van der Waals surface area contributed by atoms with Crippen LogP contribution in [0.25, 0.3) is 50.4 Å². The molecule has 0 saturated carbocycles. The molecule has 0 bridgehead atoms. The van der Waals surface area contributed by atoms with E-state index >= 15 is 0 Å². The summed E-state index contributed by atoms with van der Waals surface area (Å²) in [5.74, 6) is 0.715. The van der Waals surface area contributed by atoms with Gasteiger partial charge in [0, 0.05) is 11.3 Å². The minimum absolute atomic E-state index is 0.377. The average Bonchev–Trinajstić information content (AvgIpc) is 3.38. The van der Waals surface area contributed by atoms with Crippen molar-refractivity contribution in [3.05, 3.63) is 154 Å². The predicted molar refractivity (Wildman–Crippen MR) is 155 cm³/mol. The van der Waals surface area contributed by atoms with Crippen LogP contribution in [0.3, 0.4) is 0 Å². The van der Waals surface area contributed by atoms with E-state index in [2.05, 4.69) is 4.57 Å². The van der Waals surface area contributed by atoms with Crippen molar-refractivity contribution >= 4 is 21.9 Å². The third-order valence-electron chi connectivity index (χ3n) is 6.92. The minimum Gasteiger partial charge on any atom is -0.292 e. The lowest BCUT2D eigenvalue weighted by atomic mass is 10.1. The Morgan fingerprint density at radius 1 is 0.487 bits per heavy atom. The Balaban J connectivity index is 1.57. The fourth-order valence-electron chi connectivity index (χ4n) is 5.14. The highest BCUT2D eigenvalue weighted by Gasteiger charge is 2.19. The van der Waals surface area contributed by atoms with Gasteiger partial charge < -0.3 is 0 Å². The van der Waals surface area contributed by atoms with Crippen molar-refractivity contribution < 1.29 is 0 Å². The van der Waals surface area contributed by atoms with Crippen molar-refractivity contribution in [3.8, 4) is 28.5 Å². The summed E-state index contributed by atoms with van der Waals surface area (Å²) in [7, 11) is 0. The number of imidazole rings is 1. The third kappa shape index (κ3) is 3.69. The topological polar surface area (TPSA) is 61.8 Å². The van der Waals surface area contributed by atoms with Crippen LogP contribution in [0.5, 0.6) is 0 Å². The normalized spacial score (nSPS) is 11.3. The van der Waals surface area contributed by atoms with Gasteiger partial charge in [-0.15, -0.1) is 0 Å². The van der Waals surface area contributed by atoms with E-state index in [4.69, 9.17) is 4.98 Å². The summed E-state index contributed by atoms with van der Waals surface area (Å²) in [5, 5.41) is 0.423. The summed E-state index contributed by atoms with van der Waals surface area (Å²) in [4.78, 5) is 32.8. The number of benzene rings is 5. The molecule has 0 radical (unpaired) electrons. The highest BCUT2D eigenvalue weighted by Crippen LogP contribution is 2.30. The van der Waals surface area contributed by atoms with E-state index in [-0.39, 0.29) is 5.56 Å². The summed E-state index contributed by atoms with van der Waals surface area (Å²) in [6, 6.07) is 42.0. The van der Waals surface area contributed by atoms with Gasteiger partial charge in [-0.25, -0.2) is 14.3 Å². The number of nitrogens with zero attached hydrogens (tertiary/aromatic N) is 4. The van der Waals surface area contributed by atoms with Crippen molar-refractivity contribution in [3.63, 3.8) is 0 Å². The molecule has 0 saturated heterocycles. The van der Waals surface area contributed by atoms with E-state index in [9.17, 15) is 9.59 Å². The zero-order valence-corrected chi connectivity index (χ0v) is 20.8. The quantitative estimate of drug-likeness (QED) is 0.288. The molecule has 7 rings (SSSR count). The Morgan fingerprint density at radius 3 is 1.67 bits per heavy atom. The van der Waals surface area contributed by atoms with Gasteiger partial charge in [0.15, 0.2) is 0 Å². The molecule has 2 heterocycles. The van der Waals surface area contributed by atoms with Crippen LogP contribution in [0.2, 0.25) is 0 Å². The fourth-order valence-corrected chi connectivity index (χ4v) is 5.14. The molecule has 5 aromatic carbocycles. The van der Waals surface area contributed by atoms with Gasteiger partial charge in [0.05, 0.1) is 33.3 Å². The Morgan fingerprint density at radius 2 is 1.03 bits per heavy atom. The molecule has 186 valence electrons. The lowest BCUT2D eigenvalue weighted by Gasteiger charge is -2.15. The van der Waals surface area contributed by atoms with Crippen LogP contribution in [0.15, 0.2) is 143 Å². The second kappa shape index (κ2) is 9.11. The molecule has 39 heavy (non-hydrogen) atoms. The third-order valence-corrected chi connectivity index (χ3v) is 6.92. The molecule has 2 aromatic heterocycles. The Bertz CT molecular complexity index is 2090. The lowest BCUT2D eigenvalue weighted by molar-refractivity contribution is 0.834. The lowest BCUT2D eigenvalue weighted by Crippen LogP contribution is -2.38. The maximum absolute atomic E-state index is 14.0. The molecule has 0 aliphatic carbocycles. The van der Waals surface area contributed by atoms with E-state index in [1.54, 1.807) is 16.7 Å². The molecule has 0 fully saturated rings. The summed E-state index contributed by atoms with van der Waals surface area (Å²) >= 11 is 0. The predicted octanol–water partition coefficient (Wildman–Crippen LogP) is 6.15. The van der Waals surface area contributed by atoms with Gasteiger partial charge in [-0.1, -0.05) is 66.7 Å². The van der Waals surface area contributed by atoms with Gasteiger partial charge in [-0.2, -0.15) is 0 Å². The number of fused-ring (bicyclic) bond motifs is 2. The summed E-state index contributed by atoms with van der Waals surface area (Å²) in [6.07, 6.45) is 0. The number of para-hydroxylation sites is 5. The van der Waals surface area contributed by atoms with Gasteiger partial charge in [-0.3, -0.25) is 13.9 Å². The Labute approximate surface area is 223 Å². The molecule has 6 heteroatoms. The average molecular weight is 507 g/mol. The van der Waals surface area contributed by atoms with Gasteiger partial charge in [-0.05, 0) is 66.7 Å². The maximum atomic E-state index is 14.0. The fraction of sp³-hybridized carbons (Fsp3) is 0. The van der Waals surface area contributed by atoms with Crippen LogP contribution >= 0.6 is 0 Å². The molecule has 0 N–H and O–H groups in total. The first-order valence-electron chi connectivity index (χ1n) is 12.7. The van der Waals surface area contributed by atoms with Crippen LogP contribution in [0.4, 0.5) is 0 Å². The van der Waals surface area contributed by atoms with Crippen LogP contribution in [-0.2, 0) is 0 Å². The van der Waals surface area contributed by atoms with Crippen molar-refractivity contribution in [2.45, 2.75) is 0 Å². The number of hydrogen-bond donors (Lipinski definition) is 0. The maximum Gasteiger partial charge on any atom is 0.340 e. The molecular formula is C33H22N4O2. The Hall–Kier alpha value is -5.49. The first kappa shape index (κ1) is 22.7. The van der Waals surface area contributed by atoms with Crippen LogP contribution in [0, 0.1) is 0 Å². The molecule has 0 amide bonds. The van der Waals surface area contributed by atoms with E-state index in [1.807, 2.05) is 121 Å². The molecule has 6 nitrogen and oxygen atoms in total. The molecule has 0 atom stereocenters. The second-order valence-corrected chi connectivity index (χ2v) is 9.26. The number of rotatable bonds is 4. The zero-order chi connectivity index (χ0) is 26.3. The molecule has 0 unspecified atom stereocenters. The minimum atomic E-state index is -0.422. The summed E-state index contributed by atoms with van der Waals surface area (Å²) in [6.45, 7) is 0. The van der Waals surface area contributed by atoms with Crippen LogP contribution in [-0.4, -0.2) is 18.7 Å². The largest absolute Gasteiger partial charge is 0.340 e.